The second kappa shape index (κ2) is 14.6. The first-order valence-electron chi connectivity index (χ1n) is 16.8. The van der Waals surface area contributed by atoms with Crippen molar-refractivity contribution in [2.75, 3.05) is 64.1 Å². The standard InChI is InChI=1S/C37H40F3N9O3/c1-44-22-46-33(43)25-5-3-23(4-6-25)24-9-13-48(14-10-24)31(50)20-47-15-11-36(21-47)12-16-49(35(36)51)27-7-8-30(41)28(18-27)32(42)26-17-29(37(38,39)40)34(52-2)45-19-26/h3-9,17-19,22,42H,10-16,20-21,41H2,1-2H3,(H2,43,44,46)/t36-/m0/s1. The summed E-state index contributed by atoms with van der Waals surface area (Å²) in [6.07, 6.45) is 1.77. The van der Waals surface area contributed by atoms with Gasteiger partial charge in [0.05, 0.1) is 24.8 Å². The number of anilines is 2. The number of rotatable bonds is 9. The van der Waals surface area contributed by atoms with Crippen LogP contribution >= 0.6 is 0 Å². The number of likely N-dealkylation sites (tertiary alicyclic amines) is 1. The molecule has 0 radical (unpaired) electrons. The number of aromatic nitrogens is 1. The van der Waals surface area contributed by atoms with Crippen molar-refractivity contribution in [2.45, 2.75) is 25.4 Å². The molecule has 272 valence electrons. The monoisotopic (exact) mass is 715 g/mol. The molecule has 1 atom stereocenters. The van der Waals surface area contributed by atoms with Crippen LogP contribution in [0.15, 0.2) is 70.8 Å². The maximum atomic E-state index is 13.9. The third kappa shape index (κ3) is 7.26. The molecule has 1 spiro atoms. The zero-order valence-corrected chi connectivity index (χ0v) is 28.9. The molecule has 6 rings (SSSR count). The van der Waals surface area contributed by atoms with Crippen LogP contribution in [0.2, 0.25) is 0 Å². The summed E-state index contributed by atoms with van der Waals surface area (Å²) in [5.74, 6) is -0.286. The van der Waals surface area contributed by atoms with E-state index in [1.807, 2.05) is 34.1 Å². The summed E-state index contributed by atoms with van der Waals surface area (Å²) in [7, 11) is 2.72. The molecule has 0 unspecified atom stereocenters. The maximum Gasteiger partial charge on any atom is 0.421 e. The van der Waals surface area contributed by atoms with Crippen LogP contribution in [0.5, 0.6) is 5.88 Å². The zero-order chi connectivity index (χ0) is 37.2. The first kappa shape index (κ1) is 36.2. The van der Waals surface area contributed by atoms with Gasteiger partial charge in [0.15, 0.2) is 0 Å². The van der Waals surface area contributed by atoms with Gasteiger partial charge in [0, 0.05) is 67.5 Å². The quantitative estimate of drug-likeness (QED) is 0.170. The fourth-order valence-corrected chi connectivity index (χ4v) is 7.08. The van der Waals surface area contributed by atoms with Crippen molar-refractivity contribution in [2.24, 2.45) is 21.1 Å². The van der Waals surface area contributed by atoms with Gasteiger partial charge in [-0.3, -0.25) is 24.9 Å². The van der Waals surface area contributed by atoms with Crippen molar-refractivity contribution >= 4 is 46.6 Å². The van der Waals surface area contributed by atoms with Gasteiger partial charge in [0.1, 0.15) is 17.7 Å². The molecule has 3 aliphatic heterocycles. The lowest BCUT2D eigenvalue weighted by atomic mass is 9.85. The fourth-order valence-electron chi connectivity index (χ4n) is 7.08. The second-order valence-electron chi connectivity index (χ2n) is 13.2. The number of amidine groups is 1. The van der Waals surface area contributed by atoms with Crippen LogP contribution < -0.4 is 21.1 Å². The first-order valence-corrected chi connectivity index (χ1v) is 16.8. The molecule has 2 aromatic carbocycles. The average Bonchev–Trinajstić information content (AvgIpc) is 3.71. The smallest absolute Gasteiger partial charge is 0.421 e. The minimum Gasteiger partial charge on any atom is -0.481 e. The summed E-state index contributed by atoms with van der Waals surface area (Å²) in [6, 6.07) is 13.4. The summed E-state index contributed by atoms with van der Waals surface area (Å²) in [6.45, 7) is 2.77. The maximum absolute atomic E-state index is 13.9. The summed E-state index contributed by atoms with van der Waals surface area (Å²) in [4.78, 5) is 44.5. The number of nitrogens with one attached hydrogen (secondary N) is 1. The van der Waals surface area contributed by atoms with E-state index in [0.29, 0.717) is 63.5 Å². The van der Waals surface area contributed by atoms with Crippen molar-refractivity contribution in [3.05, 3.63) is 88.6 Å². The summed E-state index contributed by atoms with van der Waals surface area (Å²) in [5.41, 5.74) is 13.9. The number of ether oxygens (including phenoxy) is 1. The fraction of sp³-hybridized carbons (Fsp3) is 0.351. The van der Waals surface area contributed by atoms with E-state index in [4.69, 9.17) is 21.6 Å². The normalized spacial score (nSPS) is 19.9. The number of pyridine rings is 1. The molecule has 3 aromatic rings. The van der Waals surface area contributed by atoms with E-state index in [1.54, 1.807) is 30.1 Å². The van der Waals surface area contributed by atoms with E-state index < -0.39 is 23.0 Å². The van der Waals surface area contributed by atoms with Crippen LogP contribution in [-0.2, 0) is 15.8 Å². The lowest BCUT2D eigenvalue weighted by molar-refractivity contribution is -0.139. The average molecular weight is 716 g/mol. The van der Waals surface area contributed by atoms with E-state index >= 15 is 0 Å². The van der Waals surface area contributed by atoms with Gasteiger partial charge < -0.3 is 26.0 Å². The molecule has 52 heavy (non-hydrogen) atoms. The predicted molar refractivity (Wildman–Crippen MR) is 194 cm³/mol. The number of benzene rings is 2. The van der Waals surface area contributed by atoms with E-state index in [0.717, 1.165) is 36.1 Å². The number of aliphatic imine (C=N–C) groups is 2. The van der Waals surface area contributed by atoms with Crippen LogP contribution in [0.4, 0.5) is 24.5 Å². The molecule has 4 heterocycles. The van der Waals surface area contributed by atoms with Gasteiger partial charge in [-0.1, -0.05) is 30.3 Å². The molecule has 12 nitrogen and oxygen atoms in total. The number of carbonyl (C=O) groups excluding carboxylic acids is 2. The number of nitrogens with zero attached hydrogens (tertiary/aromatic N) is 6. The van der Waals surface area contributed by atoms with Crippen molar-refractivity contribution in [3.63, 3.8) is 0 Å². The van der Waals surface area contributed by atoms with E-state index in [9.17, 15) is 22.8 Å². The summed E-state index contributed by atoms with van der Waals surface area (Å²) < 4.78 is 45.7. The molecular weight excluding hydrogens is 675 g/mol. The molecule has 2 fully saturated rings. The predicted octanol–water partition coefficient (Wildman–Crippen LogP) is 4.22. The number of nitrogens with two attached hydrogens (primary N) is 2. The van der Waals surface area contributed by atoms with Gasteiger partial charge in [-0.25, -0.2) is 9.98 Å². The molecule has 2 saturated heterocycles. The Morgan fingerprint density at radius 3 is 2.52 bits per heavy atom. The van der Waals surface area contributed by atoms with Crippen LogP contribution in [-0.4, -0.2) is 97.9 Å². The van der Waals surface area contributed by atoms with Crippen LogP contribution in [0, 0.1) is 10.8 Å². The molecular formula is C37H40F3N9O3. The van der Waals surface area contributed by atoms with Crippen molar-refractivity contribution in [1.82, 2.24) is 14.8 Å². The van der Waals surface area contributed by atoms with Gasteiger partial charge in [-0.05, 0) is 61.2 Å². The number of nitrogen functional groups attached to an aromatic ring is 1. The molecule has 0 saturated carbocycles. The summed E-state index contributed by atoms with van der Waals surface area (Å²) in [5, 5.41) is 8.70. The van der Waals surface area contributed by atoms with Gasteiger partial charge in [-0.2, -0.15) is 13.2 Å². The molecule has 5 N–H and O–H groups in total. The Morgan fingerprint density at radius 1 is 1.10 bits per heavy atom. The highest BCUT2D eigenvalue weighted by atomic mass is 19.4. The first-order chi connectivity index (χ1) is 24.8. The zero-order valence-electron chi connectivity index (χ0n) is 28.9. The highest BCUT2D eigenvalue weighted by Gasteiger charge is 2.51. The minimum atomic E-state index is -4.74. The highest BCUT2D eigenvalue weighted by molar-refractivity contribution is 6.15. The molecule has 15 heteroatoms. The molecule has 3 aliphatic rings. The van der Waals surface area contributed by atoms with E-state index in [2.05, 4.69) is 21.0 Å². The van der Waals surface area contributed by atoms with Crippen molar-refractivity contribution in [1.29, 1.82) is 5.41 Å². The molecule has 0 aliphatic carbocycles. The Kier molecular flexibility index (Phi) is 10.2. The van der Waals surface area contributed by atoms with Gasteiger partial charge in [0.2, 0.25) is 17.7 Å². The van der Waals surface area contributed by atoms with Gasteiger partial charge >= 0.3 is 6.18 Å². The van der Waals surface area contributed by atoms with Gasteiger partial charge in [0.25, 0.3) is 0 Å². The Bertz CT molecular complexity index is 1980. The van der Waals surface area contributed by atoms with Crippen LogP contribution in [0.3, 0.4) is 0 Å². The van der Waals surface area contributed by atoms with E-state index in [1.165, 1.54) is 6.34 Å². The van der Waals surface area contributed by atoms with Crippen LogP contribution in [0.25, 0.3) is 5.57 Å². The van der Waals surface area contributed by atoms with Gasteiger partial charge in [-0.15, -0.1) is 0 Å². The number of alkyl halides is 3. The largest absolute Gasteiger partial charge is 0.481 e. The number of hydrogen-bond donors (Lipinski definition) is 3. The Morgan fingerprint density at radius 2 is 1.85 bits per heavy atom. The highest BCUT2D eigenvalue weighted by Crippen LogP contribution is 2.43. The summed E-state index contributed by atoms with van der Waals surface area (Å²) >= 11 is 0. The second-order valence-corrected chi connectivity index (χ2v) is 13.2. The Hall–Kier alpha value is -5.57. The number of carbonyl (C=O) groups is 2. The van der Waals surface area contributed by atoms with Crippen LogP contribution in [0.1, 0.15) is 47.1 Å². The third-order valence-electron chi connectivity index (χ3n) is 9.99. The number of amides is 2. The number of methoxy groups -OCH3 is 1. The topological polar surface area (TPSA) is 167 Å². The van der Waals surface area contributed by atoms with Crippen molar-refractivity contribution in [3.8, 4) is 5.88 Å². The SMILES string of the molecule is CN=CN=C(N)c1ccc(C2=CCN(C(=O)CN3CC[C@]4(CCN(c5ccc(N)c(C(=N)c6cnc(OC)c(C(F)(F)F)c6)c5)C4=O)C3)CC2)cc1. The molecule has 0 bridgehead atoms. The Labute approximate surface area is 299 Å². The van der Waals surface area contributed by atoms with E-state index in [-0.39, 0.29) is 40.9 Å². The third-order valence-corrected chi connectivity index (χ3v) is 9.99. The lowest BCUT2D eigenvalue weighted by Gasteiger charge is -2.29. The lowest BCUT2D eigenvalue weighted by Crippen LogP contribution is -2.43. The molecule has 2 amide bonds. The van der Waals surface area contributed by atoms with Crippen molar-refractivity contribution < 1.29 is 27.5 Å². The minimum absolute atomic E-state index is 0.00923. The molecule has 1 aromatic heterocycles. The Balaban J connectivity index is 1.08. The number of hydrogen-bond acceptors (Lipinski definition) is 8. The number of halogens is 3.